The second-order valence-electron chi connectivity index (χ2n) is 10.9. The number of fused-ring (bicyclic) bond motifs is 1. The van der Waals surface area contributed by atoms with Crippen molar-refractivity contribution in [2.75, 3.05) is 0 Å². The first kappa shape index (κ1) is 19.5. The predicted molar refractivity (Wildman–Crippen MR) is 182 cm³/mol. The summed E-state index contributed by atoms with van der Waals surface area (Å²) in [5.41, 5.74) is 6.95. The second-order valence-corrected chi connectivity index (χ2v) is 10.9. The van der Waals surface area contributed by atoms with Crippen LogP contribution in [0.4, 0.5) is 0 Å². The Kier molecular flexibility index (Phi) is 4.27. The molecule has 1 aromatic heterocycles. The van der Waals surface area contributed by atoms with Crippen molar-refractivity contribution < 1.29 is 11.3 Å². The molecule has 0 saturated heterocycles. The van der Waals surface area contributed by atoms with Crippen LogP contribution in [0.25, 0.3) is 88.0 Å². The molecule has 0 bridgehead atoms. The lowest BCUT2D eigenvalue weighted by Crippen LogP contribution is -1.89. The third kappa shape index (κ3) is 3.72. The molecule has 1 nitrogen and oxygen atoms in total. The first-order valence-electron chi connectivity index (χ1n) is 16.9. The van der Waals surface area contributed by atoms with Gasteiger partial charge in [-0.05, 0) is 72.3 Å². The lowest BCUT2D eigenvalue weighted by atomic mass is 9.87. The lowest BCUT2D eigenvalue weighted by molar-refractivity contribution is 0.632. The molecular formula is C42H26O. The first-order valence-corrected chi connectivity index (χ1v) is 14.4. The second kappa shape index (κ2) is 9.44. The van der Waals surface area contributed by atoms with Crippen molar-refractivity contribution in [3.05, 3.63) is 158 Å². The molecule has 0 radical (unpaired) electrons. The highest BCUT2D eigenvalue weighted by Gasteiger charge is 2.20. The summed E-state index contributed by atoms with van der Waals surface area (Å²) in [6.07, 6.45) is 0. The Morgan fingerprint density at radius 2 is 1.02 bits per heavy atom. The van der Waals surface area contributed by atoms with Gasteiger partial charge in [-0.2, -0.15) is 0 Å². The number of rotatable bonds is 4. The first-order chi connectivity index (χ1) is 23.4. The summed E-state index contributed by atoms with van der Waals surface area (Å²) in [7, 11) is 0. The van der Waals surface area contributed by atoms with E-state index in [0.29, 0.717) is 5.56 Å². The van der Waals surface area contributed by atoms with E-state index in [4.69, 9.17) is 11.3 Å². The van der Waals surface area contributed by atoms with E-state index in [-0.39, 0.29) is 29.7 Å². The van der Waals surface area contributed by atoms with E-state index < -0.39 is 6.04 Å². The maximum atomic E-state index is 8.68. The molecule has 0 N–H and O–H groups in total. The average molecular weight is 552 g/mol. The van der Waals surface area contributed by atoms with Crippen LogP contribution in [0.5, 0.6) is 0 Å². The molecule has 200 valence electrons. The zero-order valence-electron chi connectivity index (χ0n) is 28.0. The largest absolute Gasteiger partial charge is 0.455 e. The molecular weight excluding hydrogens is 520 g/mol. The molecule has 9 aromatic rings. The number of hydrogen-bond acceptors (Lipinski definition) is 1. The summed E-state index contributed by atoms with van der Waals surface area (Å²) in [5.74, 6) is 0.838. The normalized spacial score (nSPS) is 13.3. The summed E-state index contributed by atoms with van der Waals surface area (Å²) in [6.45, 7) is 0. The van der Waals surface area contributed by atoms with Gasteiger partial charge in [0.05, 0.1) is 6.85 Å². The Morgan fingerprint density at radius 1 is 0.442 bits per heavy atom. The van der Waals surface area contributed by atoms with Crippen LogP contribution < -0.4 is 0 Å². The standard InChI is InChI=1S/C42H26O/c1-4-10-27(11-5-1)33-21-16-29-19-24-36-34(22-17-30-18-23-35(33)39(29)40(30)36)32-20-25-38-37(26-32)41(28-12-6-2-7-13-28)42(43-38)31-14-8-3-9-15-31/h1-26H/i1D,4D,5D,10D,11D. The molecule has 9 rings (SSSR count). The highest BCUT2D eigenvalue weighted by molar-refractivity contribution is 6.27. The third-order valence-corrected chi connectivity index (χ3v) is 8.53. The molecule has 0 saturated carbocycles. The predicted octanol–water partition coefficient (Wildman–Crippen LogP) is 12.0. The molecule has 8 aromatic carbocycles. The van der Waals surface area contributed by atoms with Gasteiger partial charge in [-0.25, -0.2) is 0 Å². The van der Waals surface area contributed by atoms with Gasteiger partial charge in [-0.1, -0.05) is 145 Å². The Bertz CT molecular complexity index is 2680. The van der Waals surface area contributed by atoms with Crippen LogP contribution in [0.3, 0.4) is 0 Å². The molecule has 0 aliphatic carbocycles. The Morgan fingerprint density at radius 3 is 1.67 bits per heavy atom. The van der Waals surface area contributed by atoms with Gasteiger partial charge in [0.2, 0.25) is 0 Å². The SMILES string of the molecule is [2H]c1c([2H])c([2H])c(-c2ccc3ccc4c(-c5ccc6oc(-c7ccccc7)c(-c7ccccc7)c6c5)ccc5ccc2c3c54)c([2H])c1[2H]. The van der Waals surface area contributed by atoms with Crippen molar-refractivity contribution in [3.8, 4) is 44.7 Å². The zero-order valence-corrected chi connectivity index (χ0v) is 23.0. The highest BCUT2D eigenvalue weighted by Crippen LogP contribution is 2.45. The van der Waals surface area contributed by atoms with E-state index in [9.17, 15) is 0 Å². The van der Waals surface area contributed by atoms with E-state index in [1.165, 1.54) is 0 Å². The van der Waals surface area contributed by atoms with Crippen LogP contribution in [0.15, 0.2) is 162 Å². The molecule has 1 heteroatoms. The molecule has 0 amide bonds. The molecule has 0 spiro atoms. The highest BCUT2D eigenvalue weighted by atomic mass is 16.3. The minimum atomic E-state index is -0.392. The summed E-state index contributed by atoms with van der Waals surface area (Å²) in [5, 5.41) is 7.16. The van der Waals surface area contributed by atoms with E-state index >= 15 is 0 Å². The van der Waals surface area contributed by atoms with Crippen LogP contribution in [0, 0.1) is 0 Å². The molecule has 0 fully saturated rings. The number of furan rings is 1. The van der Waals surface area contributed by atoms with Gasteiger partial charge < -0.3 is 4.42 Å². The van der Waals surface area contributed by atoms with Gasteiger partial charge in [0.1, 0.15) is 11.3 Å². The van der Waals surface area contributed by atoms with E-state index in [1.54, 1.807) is 0 Å². The van der Waals surface area contributed by atoms with E-state index in [1.807, 2.05) is 54.6 Å². The fourth-order valence-corrected chi connectivity index (χ4v) is 6.60. The summed E-state index contributed by atoms with van der Waals surface area (Å²) in [6, 6.07) is 42.0. The van der Waals surface area contributed by atoms with Crippen LogP contribution >= 0.6 is 0 Å². The minimum absolute atomic E-state index is 0.200. The fourth-order valence-electron chi connectivity index (χ4n) is 6.60. The van der Waals surface area contributed by atoms with E-state index in [2.05, 4.69) is 72.8 Å². The Hall–Kier alpha value is -5.66. The molecule has 0 atom stereocenters. The summed E-state index contributed by atoms with van der Waals surface area (Å²) < 4.78 is 48.6. The van der Waals surface area contributed by atoms with Crippen molar-refractivity contribution >= 4 is 43.3 Å². The monoisotopic (exact) mass is 551 g/mol. The topological polar surface area (TPSA) is 13.1 Å². The van der Waals surface area contributed by atoms with Gasteiger partial charge in [0.25, 0.3) is 0 Å². The van der Waals surface area contributed by atoms with Crippen LogP contribution in [-0.4, -0.2) is 0 Å². The minimum Gasteiger partial charge on any atom is -0.455 e. The van der Waals surface area contributed by atoms with Gasteiger partial charge in [-0.3, -0.25) is 0 Å². The van der Waals surface area contributed by atoms with Gasteiger partial charge in [0, 0.05) is 16.5 Å². The van der Waals surface area contributed by atoms with Crippen molar-refractivity contribution in [3.63, 3.8) is 0 Å². The Labute approximate surface area is 256 Å². The third-order valence-electron chi connectivity index (χ3n) is 8.53. The lowest BCUT2D eigenvalue weighted by Gasteiger charge is -2.16. The number of benzene rings is 8. The van der Waals surface area contributed by atoms with Crippen LogP contribution in [0.1, 0.15) is 6.85 Å². The average Bonchev–Trinajstić information content (AvgIpc) is 3.52. The van der Waals surface area contributed by atoms with Crippen molar-refractivity contribution in [1.82, 2.24) is 0 Å². The zero-order chi connectivity index (χ0) is 32.7. The van der Waals surface area contributed by atoms with E-state index in [0.717, 1.165) is 76.9 Å². The van der Waals surface area contributed by atoms with Crippen molar-refractivity contribution in [2.24, 2.45) is 0 Å². The smallest absolute Gasteiger partial charge is 0.143 e. The van der Waals surface area contributed by atoms with Gasteiger partial charge in [-0.15, -0.1) is 0 Å². The van der Waals surface area contributed by atoms with Crippen LogP contribution in [-0.2, 0) is 0 Å². The summed E-state index contributed by atoms with van der Waals surface area (Å²) in [4.78, 5) is 0. The van der Waals surface area contributed by atoms with Gasteiger partial charge >= 0.3 is 0 Å². The fraction of sp³-hybridized carbons (Fsp3) is 0. The molecule has 0 aliphatic heterocycles. The van der Waals surface area contributed by atoms with Crippen molar-refractivity contribution in [1.29, 1.82) is 0 Å². The molecule has 1 heterocycles. The molecule has 0 unspecified atom stereocenters. The van der Waals surface area contributed by atoms with Crippen molar-refractivity contribution in [2.45, 2.75) is 0 Å². The Balaban J connectivity index is 1.30. The maximum absolute atomic E-state index is 8.68. The summed E-state index contributed by atoms with van der Waals surface area (Å²) >= 11 is 0. The number of hydrogen-bond donors (Lipinski definition) is 0. The maximum Gasteiger partial charge on any atom is 0.143 e. The quantitative estimate of drug-likeness (QED) is 0.198. The van der Waals surface area contributed by atoms with Gasteiger partial charge in [0.15, 0.2) is 0 Å². The van der Waals surface area contributed by atoms with Crippen LogP contribution in [0.2, 0.25) is 0 Å². The molecule has 0 aliphatic rings. The molecule has 43 heavy (non-hydrogen) atoms.